The summed E-state index contributed by atoms with van der Waals surface area (Å²) in [5, 5.41) is 2.78. The number of morpholine rings is 1. The number of fused-ring (bicyclic) bond motifs is 1. The van der Waals surface area contributed by atoms with Crippen LogP contribution in [0.5, 0.6) is 11.6 Å². The Hall–Kier alpha value is -4.41. The van der Waals surface area contributed by atoms with Crippen molar-refractivity contribution in [3.63, 3.8) is 0 Å². The van der Waals surface area contributed by atoms with Crippen molar-refractivity contribution in [1.29, 1.82) is 0 Å². The first-order chi connectivity index (χ1) is 21.1. The molecule has 1 aliphatic rings. The predicted molar refractivity (Wildman–Crippen MR) is 156 cm³/mol. The highest BCUT2D eigenvalue weighted by Crippen LogP contribution is 2.35. The number of nitrogens with one attached hydrogen (secondary N) is 1. The van der Waals surface area contributed by atoms with Gasteiger partial charge in [-0.25, -0.2) is 15.0 Å². The number of pyridine rings is 2. The summed E-state index contributed by atoms with van der Waals surface area (Å²) in [7, 11) is 1.56. The molecule has 5 heterocycles. The van der Waals surface area contributed by atoms with Gasteiger partial charge in [-0.05, 0) is 13.0 Å². The minimum absolute atomic E-state index is 0.0373. The topological polar surface area (TPSA) is 147 Å². The van der Waals surface area contributed by atoms with Crippen molar-refractivity contribution < 1.29 is 27.4 Å². The van der Waals surface area contributed by atoms with E-state index in [1.54, 1.807) is 14.0 Å². The first-order valence-electron chi connectivity index (χ1n) is 13.5. The van der Waals surface area contributed by atoms with Crippen LogP contribution in [0.15, 0.2) is 41.8 Å². The van der Waals surface area contributed by atoms with E-state index in [-0.39, 0.29) is 40.4 Å². The SMILES string of the molecule is CCn1cc(C(F)(F)F)cc(Nc2nc3ncc(OC(=CN)c4cnc(OCCN5CCOCC5)cn4)c(Cl)c3n2C)c1=O. The average Bonchev–Trinajstić information content (AvgIpc) is 3.33. The minimum Gasteiger partial charge on any atom is -0.475 e. The number of aryl methyl sites for hydroxylation is 2. The molecule has 1 saturated heterocycles. The first-order valence-corrected chi connectivity index (χ1v) is 13.9. The maximum atomic E-state index is 13.4. The molecule has 13 nitrogen and oxygen atoms in total. The predicted octanol–water partition coefficient (Wildman–Crippen LogP) is 3.40. The van der Waals surface area contributed by atoms with Crippen LogP contribution in [-0.2, 0) is 24.5 Å². The van der Waals surface area contributed by atoms with Crippen LogP contribution in [0.4, 0.5) is 24.8 Å². The first kappa shape index (κ1) is 31.0. The number of anilines is 2. The molecule has 0 aromatic carbocycles. The number of ether oxygens (including phenoxy) is 3. The van der Waals surface area contributed by atoms with Crippen LogP contribution >= 0.6 is 11.6 Å². The Morgan fingerprint density at radius 2 is 1.98 bits per heavy atom. The second-order valence-electron chi connectivity index (χ2n) is 9.63. The molecule has 1 aliphatic heterocycles. The minimum atomic E-state index is -4.65. The number of alkyl halides is 3. The highest BCUT2D eigenvalue weighted by Gasteiger charge is 2.32. The fraction of sp³-hybridized carbons (Fsp3) is 0.370. The number of hydrogen-bond donors (Lipinski definition) is 2. The lowest BCUT2D eigenvalue weighted by Crippen LogP contribution is -2.38. The van der Waals surface area contributed by atoms with E-state index in [9.17, 15) is 18.0 Å². The van der Waals surface area contributed by atoms with Crippen molar-refractivity contribution in [3.8, 4) is 11.6 Å². The van der Waals surface area contributed by atoms with E-state index in [1.807, 2.05) is 0 Å². The zero-order valence-corrected chi connectivity index (χ0v) is 24.5. The molecule has 0 amide bonds. The summed E-state index contributed by atoms with van der Waals surface area (Å²) in [6.45, 7) is 5.90. The number of rotatable bonds is 10. The zero-order valence-electron chi connectivity index (χ0n) is 23.8. The highest BCUT2D eigenvalue weighted by molar-refractivity contribution is 6.36. The van der Waals surface area contributed by atoms with Crippen LogP contribution < -0.4 is 26.1 Å². The van der Waals surface area contributed by atoms with E-state index >= 15 is 0 Å². The standard InChI is InChI=1S/C27H29ClF3N9O4/c1-3-40-15-16(27(29,30)31)10-17(25(40)41)36-26-37-24-23(38(26)2)22(28)20(13-35-24)44-19(11-32)18-12-34-21(14-33-18)43-9-6-39-4-7-42-8-5-39/h10-15H,3-9,32H2,1-2H3,(H,35,36,37). The van der Waals surface area contributed by atoms with Gasteiger partial charge in [-0.2, -0.15) is 18.2 Å². The molecule has 0 unspecified atom stereocenters. The molecule has 5 rings (SSSR count). The van der Waals surface area contributed by atoms with Gasteiger partial charge in [0.05, 0.1) is 37.4 Å². The van der Waals surface area contributed by atoms with Gasteiger partial charge in [0.25, 0.3) is 5.56 Å². The average molecular weight is 636 g/mol. The number of aromatic nitrogens is 6. The molecule has 3 N–H and O–H groups in total. The Kier molecular flexibility index (Phi) is 9.22. The zero-order chi connectivity index (χ0) is 31.4. The number of halogens is 4. The Morgan fingerprint density at radius 1 is 1.20 bits per heavy atom. The Bertz CT molecular complexity index is 1720. The number of nitrogens with two attached hydrogens (primary N) is 1. The van der Waals surface area contributed by atoms with Gasteiger partial charge in [0.15, 0.2) is 17.2 Å². The molecule has 0 spiro atoms. The molecule has 0 aliphatic carbocycles. The molecule has 0 bridgehead atoms. The second-order valence-corrected chi connectivity index (χ2v) is 10.0. The van der Waals surface area contributed by atoms with E-state index in [4.69, 9.17) is 31.5 Å². The third-order valence-corrected chi connectivity index (χ3v) is 7.18. The Morgan fingerprint density at radius 3 is 2.64 bits per heavy atom. The van der Waals surface area contributed by atoms with Gasteiger partial charge in [0, 0.05) is 45.6 Å². The summed E-state index contributed by atoms with van der Waals surface area (Å²) < 4.78 is 59.7. The largest absolute Gasteiger partial charge is 0.475 e. The van der Waals surface area contributed by atoms with Gasteiger partial charge in [-0.1, -0.05) is 11.6 Å². The summed E-state index contributed by atoms with van der Waals surface area (Å²) in [6, 6.07) is 0.733. The second kappa shape index (κ2) is 13.1. The van der Waals surface area contributed by atoms with Gasteiger partial charge >= 0.3 is 6.18 Å². The molecule has 0 saturated carbocycles. The van der Waals surface area contributed by atoms with Crippen LogP contribution in [0.25, 0.3) is 16.9 Å². The third kappa shape index (κ3) is 6.71. The highest BCUT2D eigenvalue weighted by atomic mass is 35.5. The normalized spacial score (nSPS) is 14.6. The van der Waals surface area contributed by atoms with Gasteiger partial charge in [-0.15, -0.1) is 0 Å². The van der Waals surface area contributed by atoms with E-state index in [2.05, 4.69) is 30.2 Å². The molecular weight excluding hydrogens is 607 g/mol. The fourth-order valence-corrected chi connectivity index (χ4v) is 4.74. The van der Waals surface area contributed by atoms with Gasteiger partial charge < -0.3 is 34.4 Å². The fourth-order valence-electron chi connectivity index (χ4n) is 4.44. The summed E-state index contributed by atoms with van der Waals surface area (Å²) >= 11 is 6.66. The van der Waals surface area contributed by atoms with Crippen LogP contribution in [0.3, 0.4) is 0 Å². The van der Waals surface area contributed by atoms with Crippen molar-refractivity contribution in [2.45, 2.75) is 19.6 Å². The molecule has 0 atom stereocenters. The lowest BCUT2D eigenvalue weighted by atomic mass is 10.2. The van der Waals surface area contributed by atoms with Gasteiger partial charge in [0.1, 0.15) is 28.5 Å². The summed E-state index contributed by atoms with van der Waals surface area (Å²) in [5.74, 6) is 0.603. The Labute approximate surface area is 254 Å². The van der Waals surface area contributed by atoms with Gasteiger partial charge in [-0.3, -0.25) is 9.69 Å². The van der Waals surface area contributed by atoms with Crippen molar-refractivity contribution >= 4 is 40.2 Å². The van der Waals surface area contributed by atoms with Crippen LogP contribution in [0, 0.1) is 0 Å². The van der Waals surface area contributed by atoms with Crippen LogP contribution in [0.2, 0.25) is 5.02 Å². The van der Waals surface area contributed by atoms with Crippen molar-refractivity contribution in [1.82, 2.24) is 34.0 Å². The summed E-state index contributed by atoms with van der Waals surface area (Å²) in [6.07, 6.45) is 1.50. The maximum absolute atomic E-state index is 13.4. The van der Waals surface area contributed by atoms with Crippen molar-refractivity contribution in [3.05, 3.63) is 63.7 Å². The molecule has 1 fully saturated rings. The summed E-state index contributed by atoms with van der Waals surface area (Å²) in [5.41, 5.74) is 4.62. The third-order valence-electron chi connectivity index (χ3n) is 6.82. The molecule has 44 heavy (non-hydrogen) atoms. The molecule has 17 heteroatoms. The number of nitrogens with zero attached hydrogens (tertiary/aromatic N) is 7. The van der Waals surface area contributed by atoms with E-state index < -0.39 is 17.3 Å². The van der Waals surface area contributed by atoms with E-state index in [0.717, 1.165) is 36.5 Å². The molecule has 4 aromatic rings. The number of imidazole rings is 1. The summed E-state index contributed by atoms with van der Waals surface area (Å²) in [4.78, 5) is 32.1. The quantitative estimate of drug-likeness (QED) is 0.247. The molecule has 0 radical (unpaired) electrons. The van der Waals surface area contributed by atoms with E-state index in [0.29, 0.717) is 36.9 Å². The van der Waals surface area contributed by atoms with Crippen molar-refractivity contribution in [2.24, 2.45) is 12.8 Å². The molecule has 4 aromatic heterocycles. The Balaban J connectivity index is 1.33. The molecular formula is C27H29ClF3N9O4. The van der Waals surface area contributed by atoms with Crippen LogP contribution in [0.1, 0.15) is 18.2 Å². The smallest absolute Gasteiger partial charge is 0.417 e. The van der Waals surface area contributed by atoms with Crippen molar-refractivity contribution in [2.75, 3.05) is 44.8 Å². The van der Waals surface area contributed by atoms with E-state index in [1.165, 1.54) is 29.4 Å². The molecule has 234 valence electrons. The van der Waals surface area contributed by atoms with Crippen LogP contribution in [-0.4, -0.2) is 73.4 Å². The monoisotopic (exact) mass is 635 g/mol. The maximum Gasteiger partial charge on any atom is 0.417 e. The van der Waals surface area contributed by atoms with Gasteiger partial charge in [0.2, 0.25) is 11.8 Å². The lowest BCUT2D eigenvalue weighted by Gasteiger charge is -2.26. The number of hydrogen-bond acceptors (Lipinski definition) is 11. The lowest BCUT2D eigenvalue weighted by molar-refractivity contribution is -0.138.